The summed E-state index contributed by atoms with van der Waals surface area (Å²) >= 11 is 0. The van der Waals surface area contributed by atoms with Gasteiger partial charge in [0.1, 0.15) is 0 Å². The van der Waals surface area contributed by atoms with E-state index in [1.165, 1.54) is 6.39 Å². The Morgan fingerprint density at radius 2 is 2.32 bits per heavy atom. The van der Waals surface area contributed by atoms with Crippen molar-refractivity contribution < 1.29 is 4.52 Å². The molecule has 0 radical (unpaired) electrons. The summed E-state index contributed by atoms with van der Waals surface area (Å²) in [4.78, 5) is 8.21. The number of fused-ring (bicyclic) bond motifs is 1. The van der Waals surface area contributed by atoms with Crippen molar-refractivity contribution in [3.63, 3.8) is 0 Å². The lowest BCUT2D eigenvalue weighted by molar-refractivity contribution is 0.408. The van der Waals surface area contributed by atoms with Crippen LogP contribution in [0.1, 0.15) is 11.4 Å². The third kappa shape index (κ3) is 1.99. The highest BCUT2D eigenvalue weighted by Gasteiger charge is 2.10. The van der Waals surface area contributed by atoms with E-state index >= 15 is 0 Å². The number of hydrogen-bond donors (Lipinski definition) is 1. The topological polar surface area (TPSA) is 107 Å². The number of nitrogen functional groups attached to an aromatic ring is 1. The van der Waals surface area contributed by atoms with E-state index in [-0.39, 0.29) is 0 Å². The van der Waals surface area contributed by atoms with Gasteiger partial charge in [-0.05, 0) is 18.2 Å². The van der Waals surface area contributed by atoms with E-state index in [1.54, 1.807) is 18.2 Å². The average Bonchev–Trinajstić information content (AvgIpc) is 3.03. The third-order valence-electron chi connectivity index (χ3n) is 2.87. The standard InChI is InChI=1S/C12H10N6O/c13-6-8-1-2-9-10(5-8)18(12(14)16-9)4-3-11-15-7-19-17-11/h1-2,5,7H,3-4H2,(H2,14,16). The zero-order chi connectivity index (χ0) is 13.2. The van der Waals surface area contributed by atoms with E-state index in [4.69, 9.17) is 11.0 Å². The number of nitrogens with zero attached hydrogens (tertiary/aromatic N) is 5. The number of anilines is 1. The van der Waals surface area contributed by atoms with Crippen molar-refractivity contribution in [2.24, 2.45) is 0 Å². The largest absolute Gasteiger partial charge is 0.369 e. The number of rotatable bonds is 3. The van der Waals surface area contributed by atoms with Crippen molar-refractivity contribution in [1.29, 1.82) is 5.26 Å². The van der Waals surface area contributed by atoms with Gasteiger partial charge in [0, 0.05) is 13.0 Å². The van der Waals surface area contributed by atoms with E-state index in [2.05, 4.69) is 25.7 Å². The van der Waals surface area contributed by atoms with Crippen LogP contribution in [-0.2, 0) is 13.0 Å². The molecule has 19 heavy (non-hydrogen) atoms. The van der Waals surface area contributed by atoms with Crippen LogP contribution >= 0.6 is 0 Å². The van der Waals surface area contributed by atoms with Gasteiger partial charge in [0.05, 0.1) is 22.7 Å². The minimum atomic E-state index is 0.411. The lowest BCUT2D eigenvalue weighted by atomic mass is 10.2. The van der Waals surface area contributed by atoms with Crippen LogP contribution in [0.25, 0.3) is 11.0 Å². The number of nitrogens with two attached hydrogens (primary N) is 1. The van der Waals surface area contributed by atoms with Crippen molar-refractivity contribution in [2.45, 2.75) is 13.0 Å². The van der Waals surface area contributed by atoms with Gasteiger partial charge in [-0.15, -0.1) is 0 Å². The molecule has 1 aromatic carbocycles. The Hall–Kier alpha value is -2.88. The van der Waals surface area contributed by atoms with E-state index in [0.717, 1.165) is 11.0 Å². The van der Waals surface area contributed by atoms with Crippen LogP contribution in [0.5, 0.6) is 0 Å². The van der Waals surface area contributed by atoms with Gasteiger partial charge in [-0.2, -0.15) is 10.2 Å². The molecular weight excluding hydrogens is 244 g/mol. The molecule has 0 bridgehead atoms. The van der Waals surface area contributed by atoms with Crippen molar-refractivity contribution in [3.05, 3.63) is 36.0 Å². The van der Waals surface area contributed by atoms with Gasteiger partial charge in [-0.1, -0.05) is 5.16 Å². The molecule has 7 nitrogen and oxygen atoms in total. The maximum Gasteiger partial charge on any atom is 0.213 e. The van der Waals surface area contributed by atoms with Crippen LogP contribution in [-0.4, -0.2) is 19.7 Å². The molecule has 0 aliphatic carbocycles. The van der Waals surface area contributed by atoms with Gasteiger partial charge in [0.15, 0.2) is 5.82 Å². The molecule has 0 saturated carbocycles. The summed E-state index contributed by atoms with van der Waals surface area (Å²) in [7, 11) is 0. The second-order valence-electron chi connectivity index (χ2n) is 4.03. The van der Waals surface area contributed by atoms with Gasteiger partial charge in [0.25, 0.3) is 0 Å². The summed E-state index contributed by atoms with van der Waals surface area (Å²) in [5, 5.41) is 12.7. The van der Waals surface area contributed by atoms with Crippen molar-refractivity contribution in [2.75, 3.05) is 5.73 Å². The van der Waals surface area contributed by atoms with Crippen molar-refractivity contribution in [3.8, 4) is 6.07 Å². The lowest BCUT2D eigenvalue weighted by Gasteiger charge is -2.04. The average molecular weight is 254 g/mol. The van der Waals surface area contributed by atoms with E-state index < -0.39 is 0 Å². The number of benzene rings is 1. The van der Waals surface area contributed by atoms with E-state index in [9.17, 15) is 0 Å². The fraction of sp³-hybridized carbons (Fsp3) is 0.167. The Labute approximate surface area is 108 Å². The molecule has 2 heterocycles. The van der Waals surface area contributed by atoms with E-state index in [1.807, 2.05) is 4.57 Å². The number of imidazole rings is 1. The van der Waals surface area contributed by atoms with Crippen LogP contribution in [0.4, 0.5) is 5.95 Å². The Balaban J connectivity index is 1.97. The molecule has 0 saturated heterocycles. The first-order valence-electron chi connectivity index (χ1n) is 5.69. The molecule has 7 heteroatoms. The molecular formula is C12H10N6O. The molecule has 0 atom stereocenters. The first-order valence-corrected chi connectivity index (χ1v) is 5.69. The molecule has 0 fully saturated rings. The second-order valence-corrected chi connectivity index (χ2v) is 4.03. The highest BCUT2D eigenvalue weighted by molar-refractivity contribution is 5.79. The first kappa shape index (κ1) is 11.2. The fourth-order valence-electron chi connectivity index (χ4n) is 1.96. The van der Waals surface area contributed by atoms with Crippen LogP contribution in [0.15, 0.2) is 29.1 Å². The normalized spacial score (nSPS) is 10.7. The molecule has 94 valence electrons. The zero-order valence-corrected chi connectivity index (χ0v) is 9.95. The van der Waals surface area contributed by atoms with Gasteiger partial charge >= 0.3 is 0 Å². The SMILES string of the molecule is N#Cc1ccc2nc(N)n(CCc3ncon3)c2c1. The van der Waals surface area contributed by atoms with E-state index in [0.29, 0.717) is 30.3 Å². The molecule has 3 aromatic rings. The number of aryl methyl sites for hydroxylation is 2. The molecule has 0 unspecified atom stereocenters. The van der Waals surface area contributed by atoms with Gasteiger partial charge in [0.2, 0.25) is 12.3 Å². The summed E-state index contributed by atoms with van der Waals surface area (Å²) in [6.07, 6.45) is 1.88. The summed E-state index contributed by atoms with van der Waals surface area (Å²) in [5.74, 6) is 1.02. The maximum atomic E-state index is 8.93. The molecule has 3 rings (SSSR count). The predicted molar refractivity (Wildman–Crippen MR) is 66.9 cm³/mol. The highest BCUT2D eigenvalue weighted by atomic mass is 16.5. The Bertz CT molecular complexity index is 752. The maximum absolute atomic E-state index is 8.93. The van der Waals surface area contributed by atoms with Gasteiger partial charge in [-0.3, -0.25) is 0 Å². The van der Waals surface area contributed by atoms with Gasteiger partial charge < -0.3 is 14.8 Å². The predicted octanol–water partition coefficient (Wildman–Crippen LogP) is 1.12. The Kier molecular flexibility index (Phi) is 2.61. The Morgan fingerprint density at radius 1 is 1.42 bits per heavy atom. The molecule has 0 aliphatic rings. The third-order valence-corrected chi connectivity index (χ3v) is 2.87. The minimum absolute atomic E-state index is 0.411. The monoisotopic (exact) mass is 254 g/mol. The summed E-state index contributed by atoms with van der Waals surface area (Å²) in [6.45, 7) is 0.580. The number of hydrogen-bond acceptors (Lipinski definition) is 6. The number of aromatic nitrogens is 4. The molecule has 0 amide bonds. The summed E-state index contributed by atoms with van der Waals surface area (Å²) in [5.41, 5.74) is 8.07. The zero-order valence-electron chi connectivity index (χ0n) is 9.95. The smallest absolute Gasteiger partial charge is 0.213 e. The van der Waals surface area contributed by atoms with Crippen molar-refractivity contribution >= 4 is 17.0 Å². The van der Waals surface area contributed by atoms with Crippen LogP contribution in [0.2, 0.25) is 0 Å². The molecule has 2 aromatic heterocycles. The summed E-state index contributed by atoms with van der Waals surface area (Å²) < 4.78 is 6.52. The highest BCUT2D eigenvalue weighted by Crippen LogP contribution is 2.19. The summed E-state index contributed by atoms with van der Waals surface area (Å²) in [6, 6.07) is 7.38. The van der Waals surface area contributed by atoms with Crippen molar-refractivity contribution in [1.82, 2.24) is 19.7 Å². The second kappa shape index (κ2) is 4.42. The molecule has 0 aliphatic heterocycles. The van der Waals surface area contributed by atoms with Crippen LogP contribution < -0.4 is 5.73 Å². The molecule has 0 spiro atoms. The lowest BCUT2D eigenvalue weighted by Crippen LogP contribution is -2.06. The van der Waals surface area contributed by atoms with Crippen LogP contribution in [0, 0.1) is 11.3 Å². The Morgan fingerprint density at radius 3 is 3.05 bits per heavy atom. The molecule has 2 N–H and O–H groups in total. The minimum Gasteiger partial charge on any atom is -0.369 e. The van der Waals surface area contributed by atoms with Crippen LogP contribution in [0.3, 0.4) is 0 Å². The first-order chi connectivity index (χ1) is 9.28. The number of nitriles is 1. The fourth-order valence-corrected chi connectivity index (χ4v) is 1.96. The van der Waals surface area contributed by atoms with Gasteiger partial charge in [-0.25, -0.2) is 4.98 Å². The quantitative estimate of drug-likeness (QED) is 0.750.